The van der Waals surface area contributed by atoms with Crippen LogP contribution in [0.2, 0.25) is 0 Å². The molecule has 3 aromatic rings. The van der Waals surface area contributed by atoms with Crippen LogP contribution < -0.4 is 10.6 Å². The van der Waals surface area contributed by atoms with Crippen LogP contribution in [0.15, 0.2) is 36.7 Å². The first-order valence-corrected chi connectivity index (χ1v) is 7.86. The van der Waals surface area contributed by atoms with Crippen LogP contribution in [-0.4, -0.2) is 25.3 Å². The third kappa shape index (κ3) is 2.93. The molecule has 0 amide bonds. The van der Waals surface area contributed by atoms with E-state index in [0.29, 0.717) is 17.5 Å². The standard InChI is InChI=1S/C17H18N6O/c1-10-6-15(23-22-10)20-17-9-18-8-16(21-17)19-12-4-2-11-3-5-14(24)13(11)7-12/h2,4,6-9,14,24H,3,5H2,1H3,(H3,19,20,21,22,23). The molecular formula is C17H18N6O. The molecule has 1 aliphatic rings. The number of rotatable bonds is 4. The van der Waals surface area contributed by atoms with Gasteiger partial charge in [0.05, 0.1) is 18.5 Å². The second kappa shape index (κ2) is 5.93. The maximum absolute atomic E-state index is 10.0. The van der Waals surface area contributed by atoms with E-state index in [1.807, 2.05) is 25.1 Å². The molecule has 122 valence electrons. The Morgan fingerprint density at radius 3 is 2.75 bits per heavy atom. The average Bonchev–Trinajstić information content (AvgIpc) is 3.14. The Hall–Kier alpha value is -2.93. The van der Waals surface area contributed by atoms with Crippen molar-refractivity contribution in [3.05, 3.63) is 53.5 Å². The highest BCUT2D eigenvalue weighted by molar-refractivity contribution is 5.61. The molecule has 2 heterocycles. The molecule has 2 aromatic heterocycles. The summed E-state index contributed by atoms with van der Waals surface area (Å²) in [6, 6.07) is 7.92. The van der Waals surface area contributed by atoms with Crippen molar-refractivity contribution >= 4 is 23.1 Å². The third-order valence-electron chi connectivity index (χ3n) is 4.06. The van der Waals surface area contributed by atoms with Crippen LogP contribution in [0.3, 0.4) is 0 Å². The first-order valence-electron chi connectivity index (χ1n) is 7.86. The van der Waals surface area contributed by atoms with E-state index >= 15 is 0 Å². The summed E-state index contributed by atoms with van der Waals surface area (Å²) >= 11 is 0. The number of fused-ring (bicyclic) bond motifs is 1. The van der Waals surface area contributed by atoms with Gasteiger partial charge in [-0.05, 0) is 43.0 Å². The van der Waals surface area contributed by atoms with Crippen LogP contribution in [0.1, 0.15) is 29.3 Å². The van der Waals surface area contributed by atoms with Crippen molar-refractivity contribution in [2.45, 2.75) is 25.9 Å². The number of hydrogen-bond acceptors (Lipinski definition) is 6. The predicted molar refractivity (Wildman–Crippen MR) is 91.6 cm³/mol. The Kier molecular flexibility index (Phi) is 3.62. The van der Waals surface area contributed by atoms with E-state index in [4.69, 9.17) is 0 Å². The van der Waals surface area contributed by atoms with Gasteiger partial charge in [-0.3, -0.25) is 10.1 Å². The van der Waals surface area contributed by atoms with Gasteiger partial charge in [0.2, 0.25) is 0 Å². The molecule has 0 saturated heterocycles. The van der Waals surface area contributed by atoms with Crippen molar-refractivity contribution in [1.82, 2.24) is 20.2 Å². The van der Waals surface area contributed by atoms with Crippen LogP contribution in [0.5, 0.6) is 0 Å². The summed E-state index contributed by atoms with van der Waals surface area (Å²) in [5.74, 6) is 1.92. The predicted octanol–water partition coefficient (Wildman–Crippen LogP) is 2.97. The minimum atomic E-state index is -0.372. The summed E-state index contributed by atoms with van der Waals surface area (Å²) in [5, 5.41) is 23.3. The van der Waals surface area contributed by atoms with Crippen LogP contribution in [0, 0.1) is 6.92 Å². The monoisotopic (exact) mass is 322 g/mol. The Morgan fingerprint density at radius 2 is 1.96 bits per heavy atom. The molecule has 4 N–H and O–H groups in total. The highest BCUT2D eigenvalue weighted by atomic mass is 16.3. The van der Waals surface area contributed by atoms with Crippen LogP contribution in [-0.2, 0) is 6.42 Å². The highest BCUT2D eigenvalue weighted by Gasteiger charge is 2.20. The van der Waals surface area contributed by atoms with Crippen LogP contribution in [0.25, 0.3) is 0 Å². The molecule has 4 rings (SSSR count). The molecule has 0 radical (unpaired) electrons. The molecule has 0 spiro atoms. The number of aliphatic hydroxyl groups is 1. The third-order valence-corrected chi connectivity index (χ3v) is 4.06. The molecular weight excluding hydrogens is 304 g/mol. The number of H-pyrrole nitrogens is 1. The normalized spacial score (nSPS) is 16.0. The first-order chi connectivity index (χ1) is 11.7. The summed E-state index contributed by atoms with van der Waals surface area (Å²) in [6.45, 7) is 1.93. The average molecular weight is 322 g/mol. The summed E-state index contributed by atoms with van der Waals surface area (Å²) in [7, 11) is 0. The minimum absolute atomic E-state index is 0.372. The SMILES string of the molecule is Cc1cc(Nc2cncc(Nc3ccc4c(c3)C(O)CC4)n2)n[nH]1. The number of nitrogens with zero attached hydrogens (tertiary/aromatic N) is 3. The van der Waals surface area contributed by atoms with Gasteiger partial charge in [-0.1, -0.05) is 6.07 Å². The Morgan fingerprint density at radius 1 is 1.12 bits per heavy atom. The zero-order chi connectivity index (χ0) is 16.5. The summed E-state index contributed by atoms with van der Waals surface area (Å²) in [5.41, 5.74) is 4.06. The molecule has 1 aliphatic carbocycles. The van der Waals surface area contributed by atoms with E-state index in [9.17, 15) is 5.11 Å². The summed E-state index contributed by atoms with van der Waals surface area (Å²) in [6.07, 6.45) is 4.65. The van der Waals surface area contributed by atoms with E-state index in [1.165, 1.54) is 5.56 Å². The lowest BCUT2D eigenvalue weighted by Crippen LogP contribution is -2.00. The number of hydrogen-bond donors (Lipinski definition) is 4. The van der Waals surface area contributed by atoms with E-state index in [1.54, 1.807) is 12.4 Å². The molecule has 0 bridgehead atoms. The lowest BCUT2D eigenvalue weighted by molar-refractivity contribution is 0.180. The van der Waals surface area contributed by atoms with E-state index in [2.05, 4.69) is 36.9 Å². The largest absolute Gasteiger partial charge is 0.388 e. The molecule has 1 aromatic carbocycles. The molecule has 7 heteroatoms. The molecule has 0 fully saturated rings. The fraction of sp³-hybridized carbons (Fsp3) is 0.235. The maximum atomic E-state index is 10.0. The topological polar surface area (TPSA) is 98.8 Å². The van der Waals surface area contributed by atoms with Crippen LogP contribution in [0.4, 0.5) is 23.1 Å². The fourth-order valence-electron chi connectivity index (χ4n) is 2.91. The van der Waals surface area contributed by atoms with Gasteiger partial charge in [-0.25, -0.2) is 4.98 Å². The second-order valence-corrected chi connectivity index (χ2v) is 5.94. The number of anilines is 4. The Balaban J connectivity index is 1.53. The van der Waals surface area contributed by atoms with Gasteiger partial charge < -0.3 is 15.7 Å². The lowest BCUT2D eigenvalue weighted by atomic mass is 10.1. The molecule has 0 saturated carbocycles. The van der Waals surface area contributed by atoms with E-state index < -0.39 is 0 Å². The molecule has 7 nitrogen and oxygen atoms in total. The fourth-order valence-corrected chi connectivity index (χ4v) is 2.91. The van der Waals surface area contributed by atoms with Crippen molar-refractivity contribution in [3.63, 3.8) is 0 Å². The van der Waals surface area contributed by atoms with Crippen LogP contribution >= 0.6 is 0 Å². The zero-order valence-electron chi connectivity index (χ0n) is 13.2. The quantitative estimate of drug-likeness (QED) is 0.589. The van der Waals surface area contributed by atoms with Gasteiger partial charge in [0.25, 0.3) is 0 Å². The lowest BCUT2D eigenvalue weighted by Gasteiger charge is -2.10. The van der Waals surface area contributed by atoms with Crippen molar-refractivity contribution < 1.29 is 5.11 Å². The van der Waals surface area contributed by atoms with Crippen molar-refractivity contribution in [2.75, 3.05) is 10.6 Å². The summed E-state index contributed by atoms with van der Waals surface area (Å²) < 4.78 is 0. The van der Waals surface area contributed by atoms with E-state index in [0.717, 1.165) is 29.8 Å². The second-order valence-electron chi connectivity index (χ2n) is 5.94. The number of aliphatic hydroxyl groups excluding tert-OH is 1. The van der Waals surface area contributed by atoms with Gasteiger partial charge >= 0.3 is 0 Å². The number of benzene rings is 1. The Labute approximate surface area is 139 Å². The zero-order valence-corrected chi connectivity index (χ0v) is 13.2. The smallest absolute Gasteiger partial charge is 0.153 e. The van der Waals surface area contributed by atoms with Gasteiger partial charge in [0.15, 0.2) is 17.5 Å². The van der Waals surface area contributed by atoms with Gasteiger partial charge in [-0.2, -0.15) is 5.10 Å². The van der Waals surface area contributed by atoms with Crippen molar-refractivity contribution in [1.29, 1.82) is 0 Å². The molecule has 1 atom stereocenters. The first kappa shape index (κ1) is 14.6. The molecule has 24 heavy (non-hydrogen) atoms. The minimum Gasteiger partial charge on any atom is -0.388 e. The number of aromatic amines is 1. The Bertz CT molecular complexity index is 875. The van der Waals surface area contributed by atoms with Gasteiger partial charge in [-0.15, -0.1) is 0 Å². The number of aryl methyl sites for hydroxylation is 2. The molecule has 1 unspecified atom stereocenters. The highest BCUT2D eigenvalue weighted by Crippen LogP contribution is 2.33. The van der Waals surface area contributed by atoms with Crippen molar-refractivity contribution in [3.8, 4) is 0 Å². The van der Waals surface area contributed by atoms with E-state index in [-0.39, 0.29) is 6.10 Å². The number of nitrogens with one attached hydrogen (secondary N) is 3. The van der Waals surface area contributed by atoms with Crippen molar-refractivity contribution in [2.24, 2.45) is 0 Å². The van der Waals surface area contributed by atoms with Gasteiger partial charge in [0, 0.05) is 17.4 Å². The van der Waals surface area contributed by atoms with Gasteiger partial charge in [0.1, 0.15) is 0 Å². The molecule has 0 aliphatic heterocycles. The maximum Gasteiger partial charge on any atom is 0.153 e. The number of aromatic nitrogens is 4. The summed E-state index contributed by atoms with van der Waals surface area (Å²) in [4.78, 5) is 8.68.